The molecule has 0 amide bonds. The van der Waals surface area contributed by atoms with E-state index in [1.54, 1.807) is 0 Å². The summed E-state index contributed by atoms with van der Waals surface area (Å²) in [5.41, 5.74) is -1.28. The molecule has 56 heavy (non-hydrogen) atoms. The van der Waals surface area contributed by atoms with E-state index >= 15 is 0 Å². The Labute approximate surface area is 315 Å². The third-order valence-electron chi connectivity index (χ3n) is 9.57. The molecule has 6 rings (SSSR count). The monoisotopic (exact) mass is 798 g/mol. The van der Waals surface area contributed by atoms with Crippen LogP contribution >= 0.6 is 0 Å². The number of carbonyl (C=O) groups is 1. The van der Waals surface area contributed by atoms with Gasteiger partial charge in [-0.15, -0.1) is 0 Å². The van der Waals surface area contributed by atoms with E-state index in [1.165, 1.54) is 31.2 Å². The smallest absolute Gasteiger partial charge is 0.302 e. The number of carbonyl (C=O) groups excluding carboxylic acids is 1. The second kappa shape index (κ2) is 16.7. The third-order valence-corrected chi connectivity index (χ3v) is 9.57. The standard InChI is InChI=1S/C35H42O21/c1-11-21(40)27(46)32(56-34-29(48)25(44)22(41)18(9-36)53-34)35(50-11)55-31-24(43)20-16(39)7-15(8-17(20)52-30(31)13-3-5-14(38)6-4-13)51-33-28(47)26(45)23(42)19(54-33)10-49-12(2)37/h3-8,11,18-19,21-23,25-29,32-36,38-42,44-48H,9-10H2,1-2H3/t11-,18-,19-,21-,22+,23-,25+,26+,27+,28+,29+,32-,33-,34-,35-/m0/s1. The molecule has 0 bridgehead atoms. The molecule has 3 aliphatic heterocycles. The number of hydrogen-bond donors (Lipinski definition) is 11. The number of hydrogen-bond acceptors (Lipinski definition) is 21. The third kappa shape index (κ3) is 8.13. The van der Waals surface area contributed by atoms with Crippen LogP contribution in [0, 0.1) is 0 Å². The number of aliphatic hydroxyl groups excluding tert-OH is 9. The van der Waals surface area contributed by atoms with Crippen LogP contribution in [-0.2, 0) is 28.5 Å². The number of aromatic hydroxyl groups is 2. The maximum atomic E-state index is 14.3. The van der Waals surface area contributed by atoms with Gasteiger partial charge in [0.2, 0.25) is 23.8 Å². The van der Waals surface area contributed by atoms with Crippen LogP contribution in [0.3, 0.4) is 0 Å². The van der Waals surface area contributed by atoms with Crippen molar-refractivity contribution in [1.29, 1.82) is 0 Å². The Morgan fingerprint density at radius 2 is 1.36 bits per heavy atom. The SMILES string of the molecule is CC(=O)OC[C@@H]1O[C@H](Oc2cc(O)c3c(=O)c(O[C@@H]4O[C@@H](C)[C@H](O)[C@@H](O)[C@@H]4O[C@@H]4O[C@@H](CO)[C@@H](O)[C@@H](O)[C@H]4O)c(-c4ccc(O)cc4)oc3c2)[C@H](O)[C@H](O)[C@H]1O. The molecule has 11 N–H and O–H groups in total. The van der Waals surface area contributed by atoms with Gasteiger partial charge in [-0.2, -0.15) is 0 Å². The van der Waals surface area contributed by atoms with Crippen LogP contribution in [0.2, 0.25) is 0 Å². The average molecular weight is 799 g/mol. The molecular weight excluding hydrogens is 756 g/mol. The van der Waals surface area contributed by atoms with Gasteiger partial charge >= 0.3 is 5.97 Å². The first-order valence-corrected chi connectivity index (χ1v) is 17.3. The van der Waals surface area contributed by atoms with E-state index in [2.05, 4.69) is 0 Å². The first-order chi connectivity index (χ1) is 26.5. The summed E-state index contributed by atoms with van der Waals surface area (Å²) in [5, 5.41) is 114. The molecule has 21 heteroatoms. The molecule has 3 saturated heterocycles. The van der Waals surface area contributed by atoms with Gasteiger partial charge in [0.15, 0.2) is 18.2 Å². The highest BCUT2D eigenvalue weighted by molar-refractivity contribution is 5.88. The Kier molecular flexibility index (Phi) is 12.4. The van der Waals surface area contributed by atoms with E-state index in [-0.39, 0.29) is 28.4 Å². The summed E-state index contributed by atoms with van der Waals surface area (Å²) in [7, 11) is 0. The molecule has 0 radical (unpaired) electrons. The summed E-state index contributed by atoms with van der Waals surface area (Å²) >= 11 is 0. The normalized spacial score (nSPS) is 36.2. The maximum Gasteiger partial charge on any atom is 0.302 e. The topological polar surface area (TPSA) is 334 Å². The Hall–Kier alpha value is -4.20. The van der Waals surface area contributed by atoms with Gasteiger partial charge < -0.3 is 93.7 Å². The highest BCUT2D eigenvalue weighted by Gasteiger charge is 2.51. The van der Waals surface area contributed by atoms with E-state index < -0.39 is 134 Å². The average Bonchev–Trinajstić information content (AvgIpc) is 3.16. The Morgan fingerprint density at radius 3 is 2.00 bits per heavy atom. The van der Waals surface area contributed by atoms with Crippen molar-refractivity contribution < 1.29 is 98.5 Å². The fraction of sp³-hybridized carbons (Fsp3) is 0.543. The lowest BCUT2D eigenvalue weighted by atomic mass is 9.97. The Morgan fingerprint density at radius 1 is 0.732 bits per heavy atom. The zero-order chi connectivity index (χ0) is 40.7. The van der Waals surface area contributed by atoms with Gasteiger partial charge in [-0.3, -0.25) is 9.59 Å². The fourth-order valence-corrected chi connectivity index (χ4v) is 6.41. The van der Waals surface area contributed by atoms with Gasteiger partial charge in [0.1, 0.15) is 95.9 Å². The Balaban J connectivity index is 1.38. The van der Waals surface area contributed by atoms with E-state index in [4.69, 9.17) is 37.6 Å². The molecule has 2 aromatic carbocycles. The first kappa shape index (κ1) is 41.4. The van der Waals surface area contributed by atoms with Gasteiger partial charge in [-0.05, 0) is 31.2 Å². The van der Waals surface area contributed by atoms with E-state index in [0.29, 0.717) is 0 Å². The van der Waals surface area contributed by atoms with Crippen LogP contribution < -0.4 is 14.9 Å². The van der Waals surface area contributed by atoms with Crippen molar-refractivity contribution in [3.63, 3.8) is 0 Å². The number of phenols is 2. The van der Waals surface area contributed by atoms with Crippen LogP contribution in [0.25, 0.3) is 22.3 Å². The van der Waals surface area contributed by atoms with E-state index in [0.717, 1.165) is 19.1 Å². The second-order valence-electron chi connectivity index (χ2n) is 13.5. The van der Waals surface area contributed by atoms with E-state index in [1.807, 2.05) is 0 Å². The van der Waals surface area contributed by atoms with Crippen LogP contribution in [0.15, 0.2) is 45.6 Å². The molecule has 0 spiro atoms. The van der Waals surface area contributed by atoms with Gasteiger partial charge in [-0.25, -0.2) is 0 Å². The zero-order valence-corrected chi connectivity index (χ0v) is 29.5. The lowest BCUT2D eigenvalue weighted by Gasteiger charge is -2.45. The molecule has 3 fully saturated rings. The number of benzene rings is 2. The van der Waals surface area contributed by atoms with Gasteiger partial charge in [0.25, 0.3) is 0 Å². The molecule has 0 saturated carbocycles. The lowest BCUT2D eigenvalue weighted by Crippen LogP contribution is -2.64. The maximum absolute atomic E-state index is 14.3. The predicted molar refractivity (Wildman–Crippen MR) is 181 cm³/mol. The minimum atomic E-state index is -1.95. The van der Waals surface area contributed by atoms with Crippen LogP contribution in [0.5, 0.6) is 23.0 Å². The van der Waals surface area contributed by atoms with Gasteiger partial charge in [0, 0.05) is 24.6 Å². The molecule has 21 nitrogen and oxygen atoms in total. The van der Waals surface area contributed by atoms with Crippen molar-refractivity contribution in [2.75, 3.05) is 13.2 Å². The van der Waals surface area contributed by atoms with Crippen LogP contribution in [0.1, 0.15) is 13.8 Å². The molecule has 1 aromatic heterocycles. The van der Waals surface area contributed by atoms with Crippen molar-refractivity contribution >= 4 is 16.9 Å². The highest BCUT2D eigenvalue weighted by Crippen LogP contribution is 2.39. The lowest BCUT2D eigenvalue weighted by molar-refractivity contribution is -0.355. The quantitative estimate of drug-likeness (QED) is 0.0893. The number of fused-ring (bicyclic) bond motifs is 1. The summed E-state index contributed by atoms with van der Waals surface area (Å²) in [4.78, 5) is 25.6. The summed E-state index contributed by atoms with van der Waals surface area (Å²) in [6, 6.07) is 7.21. The number of ether oxygens (including phenoxy) is 7. The van der Waals surface area contributed by atoms with Crippen molar-refractivity contribution in [3.05, 3.63) is 46.6 Å². The molecule has 0 unspecified atom stereocenters. The summed E-state index contributed by atoms with van der Waals surface area (Å²) in [6.07, 6.45) is -25.5. The molecular formula is C35H42O21. The highest BCUT2D eigenvalue weighted by atomic mass is 16.8. The predicted octanol–water partition coefficient (Wildman–Crippen LogP) is -3.35. The van der Waals surface area contributed by atoms with Crippen molar-refractivity contribution in [2.24, 2.45) is 0 Å². The second-order valence-corrected chi connectivity index (χ2v) is 13.5. The first-order valence-electron chi connectivity index (χ1n) is 17.3. The van der Waals surface area contributed by atoms with E-state index in [9.17, 15) is 65.8 Å². The van der Waals surface area contributed by atoms with Crippen molar-refractivity contribution in [3.8, 4) is 34.3 Å². The van der Waals surface area contributed by atoms with Gasteiger partial charge in [0.05, 0.1) is 12.7 Å². The van der Waals surface area contributed by atoms with Crippen molar-refractivity contribution in [1.82, 2.24) is 0 Å². The summed E-state index contributed by atoms with van der Waals surface area (Å²) < 4.78 is 45.1. The minimum Gasteiger partial charge on any atom is -0.508 e. The molecule has 3 aliphatic rings. The molecule has 308 valence electrons. The number of aliphatic hydroxyl groups is 9. The number of rotatable bonds is 10. The molecule has 3 aromatic rings. The molecule has 0 aliphatic carbocycles. The number of esters is 1. The zero-order valence-electron chi connectivity index (χ0n) is 29.5. The minimum absolute atomic E-state index is 0.106. The fourth-order valence-electron chi connectivity index (χ4n) is 6.41. The number of phenolic OH excluding ortho intramolecular Hbond substituents is 2. The Bertz CT molecular complexity index is 1900. The summed E-state index contributed by atoms with van der Waals surface area (Å²) in [5.74, 6) is -2.94. The van der Waals surface area contributed by atoms with Crippen LogP contribution in [0.4, 0.5) is 0 Å². The molecule has 15 atom stereocenters. The van der Waals surface area contributed by atoms with Gasteiger partial charge in [-0.1, -0.05) is 0 Å². The largest absolute Gasteiger partial charge is 0.508 e. The summed E-state index contributed by atoms with van der Waals surface area (Å²) in [6.45, 7) is 1.14. The van der Waals surface area contributed by atoms with Crippen LogP contribution in [-0.4, -0.2) is 167 Å². The van der Waals surface area contributed by atoms with Crippen molar-refractivity contribution in [2.45, 2.75) is 106 Å². The molecule has 4 heterocycles.